The van der Waals surface area contributed by atoms with E-state index in [0.29, 0.717) is 22.7 Å². The topological polar surface area (TPSA) is 67.4 Å². The molecule has 3 rings (SSSR count). The first-order valence-electron chi connectivity index (χ1n) is 9.49. The van der Waals surface area contributed by atoms with Gasteiger partial charge in [0.1, 0.15) is 5.75 Å². The first-order chi connectivity index (χ1) is 14.3. The molecule has 0 aromatic heterocycles. The Morgan fingerprint density at radius 2 is 1.57 bits per heavy atom. The molecule has 0 radical (unpaired) electrons. The fourth-order valence-electron chi connectivity index (χ4n) is 3.08. The standard InChI is InChI=1S/C24H23BrN2O3/c1-15-6-4-7-18(11-15)24(29)27-20-9-5-8-19(13-20)26-22(28)14-30-23-17(3)10-16(2)12-21(23)25/h4-13H,14H2,1-3H3,(H,26,28)(H,27,29). The predicted molar refractivity (Wildman–Crippen MR) is 123 cm³/mol. The quantitative estimate of drug-likeness (QED) is 0.493. The molecule has 0 saturated heterocycles. The van der Waals surface area contributed by atoms with Crippen LogP contribution in [0, 0.1) is 20.8 Å². The van der Waals surface area contributed by atoms with E-state index in [9.17, 15) is 9.59 Å². The van der Waals surface area contributed by atoms with E-state index < -0.39 is 0 Å². The van der Waals surface area contributed by atoms with Gasteiger partial charge in [-0.3, -0.25) is 9.59 Å². The van der Waals surface area contributed by atoms with Crippen molar-refractivity contribution in [2.75, 3.05) is 17.2 Å². The Hall–Kier alpha value is -3.12. The lowest BCUT2D eigenvalue weighted by Crippen LogP contribution is -2.20. The summed E-state index contributed by atoms with van der Waals surface area (Å²) in [5.41, 5.74) is 4.83. The number of halogens is 1. The second kappa shape index (κ2) is 9.59. The number of benzene rings is 3. The lowest BCUT2D eigenvalue weighted by atomic mass is 10.1. The third-order valence-corrected chi connectivity index (χ3v) is 4.99. The molecule has 30 heavy (non-hydrogen) atoms. The van der Waals surface area contributed by atoms with Gasteiger partial charge in [0.25, 0.3) is 11.8 Å². The van der Waals surface area contributed by atoms with Crippen LogP contribution in [0.2, 0.25) is 0 Å². The molecule has 0 fully saturated rings. The molecule has 2 amide bonds. The Morgan fingerprint density at radius 1 is 0.867 bits per heavy atom. The van der Waals surface area contributed by atoms with E-state index >= 15 is 0 Å². The summed E-state index contributed by atoms with van der Waals surface area (Å²) in [6.07, 6.45) is 0. The van der Waals surface area contributed by atoms with Crippen LogP contribution in [-0.2, 0) is 4.79 Å². The molecule has 0 heterocycles. The number of aryl methyl sites for hydroxylation is 3. The van der Waals surface area contributed by atoms with E-state index in [2.05, 4.69) is 26.6 Å². The fourth-order valence-corrected chi connectivity index (χ4v) is 3.87. The Labute approximate surface area is 184 Å². The zero-order chi connectivity index (χ0) is 21.7. The van der Waals surface area contributed by atoms with Gasteiger partial charge in [-0.1, -0.05) is 29.8 Å². The van der Waals surface area contributed by atoms with E-state index in [1.54, 1.807) is 30.3 Å². The van der Waals surface area contributed by atoms with Gasteiger partial charge in [-0.15, -0.1) is 0 Å². The van der Waals surface area contributed by atoms with Crippen LogP contribution in [-0.4, -0.2) is 18.4 Å². The van der Waals surface area contributed by atoms with Crippen LogP contribution in [0.5, 0.6) is 5.75 Å². The third-order valence-electron chi connectivity index (χ3n) is 4.41. The molecule has 0 unspecified atom stereocenters. The molecule has 0 aliphatic carbocycles. The molecule has 0 aliphatic heterocycles. The van der Waals surface area contributed by atoms with Crippen molar-refractivity contribution in [2.45, 2.75) is 20.8 Å². The van der Waals surface area contributed by atoms with Crippen LogP contribution in [0.3, 0.4) is 0 Å². The summed E-state index contributed by atoms with van der Waals surface area (Å²) in [5.74, 6) is 0.157. The summed E-state index contributed by atoms with van der Waals surface area (Å²) in [5, 5.41) is 5.64. The van der Waals surface area contributed by atoms with Crippen LogP contribution >= 0.6 is 15.9 Å². The maximum atomic E-state index is 12.4. The van der Waals surface area contributed by atoms with Gasteiger partial charge in [-0.05, 0) is 84.2 Å². The number of amides is 2. The third kappa shape index (κ3) is 5.70. The summed E-state index contributed by atoms with van der Waals surface area (Å²) >= 11 is 3.47. The Morgan fingerprint density at radius 3 is 2.27 bits per heavy atom. The van der Waals surface area contributed by atoms with Gasteiger partial charge in [0.2, 0.25) is 0 Å². The lowest BCUT2D eigenvalue weighted by molar-refractivity contribution is -0.118. The second-order valence-corrected chi connectivity index (χ2v) is 7.99. The summed E-state index contributed by atoms with van der Waals surface area (Å²) < 4.78 is 6.51. The first kappa shape index (κ1) is 21.6. The fraction of sp³-hybridized carbons (Fsp3) is 0.167. The molecule has 3 aromatic carbocycles. The van der Waals surface area contributed by atoms with Crippen LogP contribution in [0.1, 0.15) is 27.0 Å². The van der Waals surface area contributed by atoms with Crippen molar-refractivity contribution in [1.82, 2.24) is 0 Å². The number of carbonyl (C=O) groups is 2. The second-order valence-electron chi connectivity index (χ2n) is 7.13. The van der Waals surface area contributed by atoms with E-state index in [0.717, 1.165) is 21.2 Å². The van der Waals surface area contributed by atoms with Crippen LogP contribution in [0.15, 0.2) is 65.1 Å². The van der Waals surface area contributed by atoms with E-state index in [1.165, 1.54) is 0 Å². The van der Waals surface area contributed by atoms with Gasteiger partial charge < -0.3 is 15.4 Å². The van der Waals surface area contributed by atoms with E-state index in [-0.39, 0.29) is 18.4 Å². The van der Waals surface area contributed by atoms with Crippen molar-refractivity contribution in [3.63, 3.8) is 0 Å². The predicted octanol–water partition coefficient (Wildman–Crippen LogP) is 5.64. The summed E-state index contributed by atoms with van der Waals surface area (Å²) in [7, 11) is 0. The molecular weight excluding hydrogens is 444 g/mol. The minimum absolute atomic E-state index is 0.123. The van der Waals surface area contributed by atoms with E-state index in [4.69, 9.17) is 4.74 Å². The highest BCUT2D eigenvalue weighted by Gasteiger charge is 2.11. The van der Waals surface area contributed by atoms with Crippen LogP contribution < -0.4 is 15.4 Å². The minimum atomic E-state index is -0.288. The van der Waals surface area contributed by atoms with Gasteiger partial charge >= 0.3 is 0 Å². The number of anilines is 2. The highest BCUT2D eigenvalue weighted by atomic mass is 79.9. The molecule has 154 valence electrons. The Kier molecular flexibility index (Phi) is 6.90. The van der Waals surface area contributed by atoms with Gasteiger partial charge in [0.05, 0.1) is 4.47 Å². The zero-order valence-electron chi connectivity index (χ0n) is 17.1. The van der Waals surface area contributed by atoms with Gasteiger partial charge in [-0.25, -0.2) is 0 Å². The number of ether oxygens (including phenoxy) is 1. The van der Waals surface area contributed by atoms with E-state index in [1.807, 2.05) is 51.1 Å². The molecule has 0 spiro atoms. The molecule has 3 aromatic rings. The van der Waals surface area contributed by atoms with Crippen molar-refractivity contribution < 1.29 is 14.3 Å². The molecule has 2 N–H and O–H groups in total. The summed E-state index contributed by atoms with van der Waals surface area (Å²) in [6, 6.07) is 18.3. The zero-order valence-corrected chi connectivity index (χ0v) is 18.7. The average molecular weight is 467 g/mol. The van der Waals surface area contributed by atoms with Crippen molar-refractivity contribution in [3.8, 4) is 5.75 Å². The SMILES string of the molecule is Cc1cccc(C(=O)Nc2cccc(NC(=O)COc3c(C)cc(C)cc3Br)c2)c1. The number of rotatable bonds is 6. The van der Waals surface area contributed by atoms with Gasteiger partial charge in [0, 0.05) is 16.9 Å². The van der Waals surface area contributed by atoms with Gasteiger partial charge in [-0.2, -0.15) is 0 Å². The Balaban J connectivity index is 1.61. The largest absolute Gasteiger partial charge is 0.482 e. The molecule has 6 heteroatoms. The van der Waals surface area contributed by atoms with Crippen LogP contribution in [0.4, 0.5) is 11.4 Å². The molecule has 0 bridgehead atoms. The molecular formula is C24H23BrN2O3. The highest BCUT2D eigenvalue weighted by molar-refractivity contribution is 9.10. The normalized spacial score (nSPS) is 10.4. The van der Waals surface area contributed by atoms with Crippen molar-refractivity contribution >= 4 is 39.1 Å². The van der Waals surface area contributed by atoms with Crippen molar-refractivity contribution in [2.24, 2.45) is 0 Å². The number of carbonyl (C=O) groups excluding carboxylic acids is 2. The maximum absolute atomic E-state index is 12.4. The molecule has 0 aliphatic rings. The minimum Gasteiger partial charge on any atom is -0.482 e. The monoisotopic (exact) mass is 466 g/mol. The molecule has 0 saturated carbocycles. The van der Waals surface area contributed by atoms with Crippen molar-refractivity contribution in [1.29, 1.82) is 0 Å². The van der Waals surface area contributed by atoms with Gasteiger partial charge in [0.15, 0.2) is 6.61 Å². The van der Waals surface area contributed by atoms with Crippen LogP contribution in [0.25, 0.3) is 0 Å². The summed E-state index contributed by atoms with van der Waals surface area (Å²) in [4.78, 5) is 24.8. The molecule has 0 atom stereocenters. The highest BCUT2D eigenvalue weighted by Crippen LogP contribution is 2.30. The first-order valence-corrected chi connectivity index (χ1v) is 10.3. The average Bonchev–Trinajstić information content (AvgIpc) is 2.67. The number of hydrogen-bond donors (Lipinski definition) is 2. The molecule has 5 nitrogen and oxygen atoms in total. The summed E-state index contributed by atoms with van der Waals surface area (Å²) in [6.45, 7) is 5.75. The van der Waals surface area contributed by atoms with Crippen molar-refractivity contribution in [3.05, 3.63) is 87.4 Å². The smallest absolute Gasteiger partial charge is 0.262 e. The maximum Gasteiger partial charge on any atom is 0.262 e. The number of nitrogens with one attached hydrogen (secondary N) is 2. The Bertz CT molecular complexity index is 1070. The number of hydrogen-bond acceptors (Lipinski definition) is 3. The lowest BCUT2D eigenvalue weighted by Gasteiger charge is -2.13.